The largest absolute Gasteiger partial charge is 0.497 e. The SMILES string of the molecule is [2H]C([2H])([2H])c1c[c-]c(-c2ccc(C([2H])([2H])C(C)(C)C)cn2)cc1.[Ir].[c-]1cccc2c1-c1ncccc1-c1ccc3c(oc4ccccc43)c1O2. The Balaban J connectivity index is 0.000000171. The van der Waals surface area contributed by atoms with E-state index in [1.165, 1.54) is 12.3 Å². The van der Waals surface area contributed by atoms with Crippen molar-refractivity contribution in [3.8, 4) is 45.1 Å². The summed E-state index contributed by atoms with van der Waals surface area (Å²) in [5.74, 6) is 1.46. The fourth-order valence-electron chi connectivity index (χ4n) is 5.35. The van der Waals surface area contributed by atoms with Crippen LogP contribution in [-0.2, 0) is 26.5 Å². The van der Waals surface area contributed by atoms with E-state index in [2.05, 4.69) is 46.4 Å². The quantitative estimate of drug-likeness (QED) is 0.164. The number of pyridine rings is 2. The maximum atomic E-state index is 8.25. The monoisotopic (exact) mass is 770 g/mol. The van der Waals surface area contributed by atoms with Gasteiger partial charge in [-0.1, -0.05) is 75.7 Å². The molecule has 0 atom stereocenters. The van der Waals surface area contributed by atoms with Crippen molar-refractivity contribution in [3.05, 3.63) is 133 Å². The number of furan rings is 1. The molecule has 4 aromatic carbocycles. The van der Waals surface area contributed by atoms with E-state index in [1.807, 2.05) is 63.2 Å². The van der Waals surface area contributed by atoms with E-state index in [0.717, 1.165) is 55.8 Å². The Kier molecular flexibility index (Phi) is 6.83. The molecule has 1 aliphatic rings. The van der Waals surface area contributed by atoms with Crippen LogP contribution in [0, 0.1) is 24.4 Å². The molecule has 4 heterocycles. The summed E-state index contributed by atoms with van der Waals surface area (Å²) in [6, 6.07) is 36.3. The Labute approximate surface area is 284 Å². The molecule has 5 heteroatoms. The van der Waals surface area contributed by atoms with E-state index in [9.17, 15) is 0 Å². The van der Waals surface area contributed by atoms with E-state index in [4.69, 9.17) is 16.0 Å². The second-order valence-corrected chi connectivity index (χ2v) is 11.6. The third-order valence-electron chi connectivity index (χ3n) is 7.24. The minimum Gasteiger partial charge on any atom is -0.497 e. The molecule has 1 aliphatic heterocycles. The molecule has 225 valence electrons. The van der Waals surface area contributed by atoms with Crippen LogP contribution in [0.5, 0.6) is 11.5 Å². The molecule has 0 amide bonds. The number of para-hydroxylation sites is 1. The Bertz CT molecular complexity index is 2310. The summed E-state index contributed by atoms with van der Waals surface area (Å²) in [4.78, 5) is 8.91. The molecule has 45 heavy (non-hydrogen) atoms. The van der Waals surface area contributed by atoms with Crippen LogP contribution in [0.3, 0.4) is 0 Å². The minimum atomic E-state index is -2.14. The van der Waals surface area contributed by atoms with Crippen molar-refractivity contribution in [1.82, 2.24) is 9.97 Å². The summed E-state index contributed by atoms with van der Waals surface area (Å²) in [6.45, 7) is 3.40. The molecule has 8 rings (SSSR count). The van der Waals surface area contributed by atoms with Crippen molar-refractivity contribution in [2.24, 2.45) is 5.41 Å². The number of benzene rings is 4. The number of hydrogen-bond acceptors (Lipinski definition) is 4. The van der Waals surface area contributed by atoms with Gasteiger partial charge < -0.3 is 19.1 Å². The second-order valence-electron chi connectivity index (χ2n) is 11.6. The first kappa shape index (κ1) is 24.7. The predicted octanol–water partition coefficient (Wildman–Crippen LogP) is 10.7. The summed E-state index contributed by atoms with van der Waals surface area (Å²) in [6.07, 6.45) is 1.84. The summed E-state index contributed by atoms with van der Waals surface area (Å²) in [5, 5.41) is 2.14. The number of aryl methyl sites for hydroxylation is 1. The number of fused-ring (bicyclic) bond motifs is 9. The van der Waals surface area contributed by atoms with Crippen LogP contribution in [0.15, 0.2) is 114 Å². The molecule has 1 radical (unpaired) electrons. The zero-order valence-corrected chi connectivity index (χ0v) is 27.3. The molecule has 0 saturated heterocycles. The van der Waals surface area contributed by atoms with E-state index in [-0.39, 0.29) is 25.7 Å². The summed E-state index contributed by atoms with van der Waals surface area (Å²) in [7, 11) is 0. The van der Waals surface area contributed by atoms with Crippen molar-refractivity contribution in [2.75, 3.05) is 0 Å². The van der Waals surface area contributed by atoms with Crippen molar-refractivity contribution in [2.45, 2.75) is 34.0 Å². The van der Waals surface area contributed by atoms with Crippen molar-refractivity contribution in [1.29, 1.82) is 0 Å². The normalized spacial score (nSPS) is 13.9. The van der Waals surface area contributed by atoms with Crippen LogP contribution in [0.4, 0.5) is 0 Å². The predicted molar refractivity (Wildman–Crippen MR) is 178 cm³/mol. The topological polar surface area (TPSA) is 48.2 Å². The first-order valence-corrected chi connectivity index (χ1v) is 14.4. The summed E-state index contributed by atoms with van der Waals surface area (Å²) in [5.41, 5.74) is 6.89. The Morgan fingerprint density at radius 1 is 0.844 bits per heavy atom. The molecule has 4 nitrogen and oxygen atoms in total. The molecule has 0 spiro atoms. The van der Waals surface area contributed by atoms with Crippen LogP contribution in [0.1, 0.15) is 38.8 Å². The molecular weight excluding hydrogens is 733 g/mol. The molecular formula is C40H32IrN2O2-2. The zero-order chi connectivity index (χ0) is 34.6. The smallest absolute Gasteiger partial charge is 0.177 e. The van der Waals surface area contributed by atoms with E-state index in [1.54, 1.807) is 30.5 Å². The Morgan fingerprint density at radius 3 is 2.51 bits per heavy atom. The van der Waals surface area contributed by atoms with E-state index in [0.29, 0.717) is 16.8 Å². The van der Waals surface area contributed by atoms with Crippen LogP contribution in [-0.4, -0.2) is 9.97 Å². The molecule has 0 N–H and O–H groups in total. The zero-order valence-electron chi connectivity index (χ0n) is 29.9. The third-order valence-corrected chi connectivity index (χ3v) is 7.24. The van der Waals surface area contributed by atoms with Gasteiger partial charge in [0.1, 0.15) is 5.58 Å². The van der Waals surface area contributed by atoms with Gasteiger partial charge in [0.2, 0.25) is 0 Å². The molecule has 0 aliphatic carbocycles. The number of nitrogens with zero attached hydrogens (tertiary/aromatic N) is 2. The second kappa shape index (κ2) is 12.4. The van der Waals surface area contributed by atoms with Gasteiger partial charge in [0, 0.05) is 61.4 Å². The maximum absolute atomic E-state index is 8.25. The van der Waals surface area contributed by atoms with Gasteiger partial charge in [0.25, 0.3) is 0 Å². The average molecular weight is 770 g/mol. The first-order chi connectivity index (χ1) is 23.3. The minimum absolute atomic E-state index is 0. The van der Waals surface area contributed by atoms with Crippen molar-refractivity contribution < 1.29 is 36.1 Å². The molecule has 0 saturated carbocycles. The molecule has 0 fully saturated rings. The fraction of sp³-hybridized carbons (Fsp3) is 0.150. The van der Waals surface area contributed by atoms with Gasteiger partial charge in [-0.15, -0.1) is 59.7 Å². The number of hydrogen-bond donors (Lipinski definition) is 0. The summed E-state index contributed by atoms with van der Waals surface area (Å²) < 4.78 is 51.1. The molecule has 0 bridgehead atoms. The van der Waals surface area contributed by atoms with Crippen molar-refractivity contribution in [3.63, 3.8) is 0 Å². The maximum Gasteiger partial charge on any atom is 0.177 e. The van der Waals surface area contributed by atoms with Gasteiger partial charge in [-0.2, -0.15) is 0 Å². The molecule has 7 aromatic rings. The Morgan fingerprint density at radius 2 is 1.73 bits per heavy atom. The number of aromatic nitrogens is 2. The average Bonchev–Trinajstić information content (AvgIpc) is 3.40. The fourth-order valence-corrected chi connectivity index (χ4v) is 5.35. The molecule has 0 unspecified atom stereocenters. The van der Waals surface area contributed by atoms with Gasteiger partial charge >= 0.3 is 0 Å². The number of rotatable bonds is 2. The van der Waals surface area contributed by atoms with Gasteiger partial charge in [-0.05, 0) is 52.5 Å². The van der Waals surface area contributed by atoms with Gasteiger partial charge in [-0.25, -0.2) is 0 Å². The van der Waals surface area contributed by atoms with Gasteiger partial charge in [0.15, 0.2) is 11.3 Å². The van der Waals surface area contributed by atoms with Crippen LogP contribution in [0.25, 0.3) is 55.6 Å². The standard InChI is InChI=1S/C23H12NO2.C17H20N.Ir/c1-3-9-19-14(6-1)16-11-12-17-15-8-5-13-24-21(15)18-7-2-4-10-20(18)26-23(17)22(16)25-19;1-13-5-8-15(9-6-13)16-10-7-14(12-18-16)11-17(2,3)4;/h1-6,8-13H;5-8,10,12H,11H2,1-4H3;/q2*-1;/i;1D3,11D2;. The third kappa shape index (κ3) is 6.19. The van der Waals surface area contributed by atoms with Crippen LogP contribution in [0.2, 0.25) is 0 Å². The van der Waals surface area contributed by atoms with E-state index < -0.39 is 18.6 Å². The van der Waals surface area contributed by atoms with Crippen LogP contribution < -0.4 is 4.74 Å². The number of ether oxygens (including phenoxy) is 1. The summed E-state index contributed by atoms with van der Waals surface area (Å²) >= 11 is 0. The first-order valence-electron chi connectivity index (χ1n) is 16.9. The molecule has 3 aromatic heterocycles. The Hall–Kier alpha value is -4.57. The van der Waals surface area contributed by atoms with Crippen LogP contribution >= 0.6 is 0 Å². The van der Waals surface area contributed by atoms with E-state index >= 15 is 0 Å². The van der Waals surface area contributed by atoms with Crippen molar-refractivity contribution >= 4 is 21.9 Å². The van der Waals surface area contributed by atoms with Gasteiger partial charge in [0.05, 0.1) is 0 Å². The van der Waals surface area contributed by atoms with Gasteiger partial charge in [-0.3, -0.25) is 0 Å².